The number of carbonyl (C=O) groups excluding carboxylic acids is 3. The molecular weight excluding hydrogens is 925 g/mol. The van der Waals surface area contributed by atoms with Crippen LogP contribution in [0.5, 0.6) is 0 Å². The molecule has 0 aliphatic rings. The molecule has 75 heavy (non-hydrogen) atoms. The van der Waals surface area contributed by atoms with Crippen LogP contribution >= 0.6 is 0 Å². The van der Waals surface area contributed by atoms with E-state index in [2.05, 4.69) is 130 Å². The highest BCUT2D eigenvalue weighted by atomic mass is 16.6. The molecule has 0 fully saturated rings. The van der Waals surface area contributed by atoms with Crippen LogP contribution in [0.3, 0.4) is 0 Å². The Morgan fingerprint density at radius 1 is 0.280 bits per heavy atom. The van der Waals surface area contributed by atoms with Crippen LogP contribution < -0.4 is 0 Å². The van der Waals surface area contributed by atoms with Crippen LogP contribution in [0.1, 0.15) is 290 Å². The van der Waals surface area contributed by atoms with E-state index in [0.29, 0.717) is 19.3 Å². The highest BCUT2D eigenvalue weighted by molar-refractivity contribution is 5.71. The zero-order valence-corrected chi connectivity index (χ0v) is 49.0. The van der Waals surface area contributed by atoms with E-state index in [1.165, 1.54) is 103 Å². The van der Waals surface area contributed by atoms with Crippen molar-refractivity contribution in [3.05, 3.63) is 109 Å². The summed E-state index contributed by atoms with van der Waals surface area (Å²) in [5.74, 6) is -0.915. The van der Waals surface area contributed by atoms with Crippen LogP contribution in [0.25, 0.3) is 0 Å². The van der Waals surface area contributed by atoms with Gasteiger partial charge in [0.1, 0.15) is 13.2 Å². The van der Waals surface area contributed by atoms with E-state index in [4.69, 9.17) is 14.2 Å². The quantitative estimate of drug-likeness (QED) is 0.0261. The summed E-state index contributed by atoms with van der Waals surface area (Å²) in [6.45, 7) is 6.48. The van der Waals surface area contributed by atoms with Crippen molar-refractivity contribution in [2.24, 2.45) is 0 Å². The molecule has 0 aliphatic carbocycles. The molecule has 0 amide bonds. The minimum atomic E-state index is -0.793. The first-order valence-electron chi connectivity index (χ1n) is 31.4. The summed E-state index contributed by atoms with van der Waals surface area (Å²) in [5.41, 5.74) is 0. The summed E-state index contributed by atoms with van der Waals surface area (Å²) < 4.78 is 16.9. The van der Waals surface area contributed by atoms with Crippen LogP contribution in [0.4, 0.5) is 0 Å². The Hall–Kier alpha value is -3.93. The smallest absolute Gasteiger partial charge is 0.306 e. The number of allylic oxidation sites excluding steroid dienone is 18. The molecule has 6 nitrogen and oxygen atoms in total. The summed E-state index contributed by atoms with van der Waals surface area (Å²) in [7, 11) is 0. The number of esters is 3. The molecule has 0 saturated carbocycles. The van der Waals surface area contributed by atoms with Gasteiger partial charge >= 0.3 is 17.9 Å². The fraction of sp³-hybridized carbons (Fsp3) is 0.696. The molecular formula is C69H116O6. The van der Waals surface area contributed by atoms with Gasteiger partial charge in [0, 0.05) is 19.3 Å². The summed E-state index contributed by atoms with van der Waals surface area (Å²) in [4.78, 5) is 38.3. The number of hydrogen-bond acceptors (Lipinski definition) is 6. The zero-order valence-electron chi connectivity index (χ0n) is 49.0. The van der Waals surface area contributed by atoms with E-state index in [-0.39, 0.29) is 31.1 Å². The number of ether oxygens (including phenoxy) is 3. The van der Waals surface area contributed by atoms with Crippen LogP contribution in [-0.4, -0.2) is 37.2 Å². The van der Waals surface area contributed by atoms with E-state index in [1.54, 1.807) is 0 Å². The van der Waals surface area contributed by atoms with Crippen LogP contribution in [0, 0.1) is 0 Å². The molecule has 0 rings (SSSR count). The average Bonchev–Trinajstić information content (AvgIpc) is 3.41. The first-order chi connectivity index (χ1) is 37.0. The summed E-state index contributed by atoms with van der Waals surface area (Å²) in [6, 6.07) is 0. The van der Waals surface area contributed by atoms with Crippen molar-refractivity contribution in [3.63, 3.8) is 0 Å². The third-order valence-electron chi connectivity index (χ3n) is 13.3. The molecule has 6 heteroatoms. The largest absolute Gasteiger partial charge is 0.462 e. The van der Waals surface area contributed by atoms with Gasteiger partial charge in [0.2, 0.25) is 0 Å². The lowest BCUT2D eigenvalue weighted by Gasteiger charge is -2.18. The second-order valence-electron chi connectivity index (χ2n) is 20.6. The Morgan fingerprint density at radius 3 is 0.853 bits per heavy atom. The minimum Gasteiger partial charge on any atom is -0.462 e. The molecule has 428 valence electrons. The van der Waals surface area contributed by atoms with Crippen LogP contribution in [0.2, 0.25) is 0 Å². The lowest BCUT2D eigenvalue weighted by molar-refractivity contribution is -0.167. The third kappa shape index (κ3) is 60.8. The number of unbranched alkanes of at least 4 members (excludes halogenated alkanes) is 27. The Morgan fingerprint density at radius 2 is 0.533 bits per heavy atom. The highest BCUT2D eigenvalue weighted by Gasteiger charge is 2.19. The van der Waals surface area contributed by atoms with Gasteiger partial charge in [0.15, 0.2) is 6.10 Å². The van der Waals surface area contributed by atoms with E-state index < -0.39 is 6.10 Å². The van der Waals surface area contributed by atoms with Gasteiger partial charge in [-0.15, -0.1) is 0 Å². The molecule has 0 N–H and O–H groups in total. The van der Waals surface area contributed by atoms with Gasteiger partial charge in [0.05, 0.1) is 0 Å². The van der Waals surface area contributed by atoms with E-state index in [9.17, 15) is 14.4 Å². The summed E-state index contributed by atoms with van der Waals surface area (Å²) in [6.07, 6.45) is 85.1. The van der Waals surface area contributed by atoms with Crippen molar-refractivity contribution in [2.45, 2.75) is 297 Å². The molecule has 0 aromatic heterocycles. The normalized spacial score (nSPS) is 12.8. The number of hydrogen-bond donors (Lipinski definition) is 0. The molecule has 0 aromatic rings. The van der Waals surface area contributed by atoms with Gasteiger partial charge in [-0.25, -0.2) is 0 Å². The van der Waals surface area contributed by atoms with Gasteiger partial charge < -0.3 is 14.2 Å². The van der Waals surface area contributed by atoms with Crippen molar-refractivity contribution in [1.82, 2.24) is 0 Å². The second-order valence-corrected chi connectivity index (χ2v) is 20.6. The zero-order chi connectivity index (χ0) is 54.3. The lowest BCUT2D eigenvalue weighted by Crippen LogP contribution is -2.30. The first-order valence-corrected chi connectivity index (χ1v) is 31.4. The molecule has 0 bridgehead atoms. The Balaban J connectivity index is 4.38. The van der Waals surface area contributed by atoms with E-state index >= 15 is 0 Å². The Kier molecular flexibility index (Phi) is 59.3. The van der Waals surface area contributed by atoms with Crippen molar-refractivity contribution in [2.75, 3.05) is 13.2 Å². The Labute approximate surface area is 463 Å². The second kappa shape index (κ2) is 62.6. The maximum atomic E-state index is 12.9. The van der Waals surface area contributed by atoms with Crippen molar-refractivity contribution in [1.29, 1.82) is 0 Å². The molecule has 0 radical (unpaired) electrons. The predicted molar refractivity (Wildman–Crippen MR) is 325 cm³/mol. The Bertz CT molecular complexity index is 1520. The van der Waals surface area contributed by atoms with Crippen molar-refractivity contribution in [3.8, 4) is 0 Å². The molecule has 0 heterocycles. The van der Waals surface area contributed by atoms with E-state index in [1.807, 2.05) is 0 Å². The fourth-order valence-corrected chi connectivity index (χ4v) is 8.56. The van der Waals surface area contributed by atoms with Crippen LogP contribution in [0.15, 0.2) is 109 Å². The molecule has 0 aromatic carbocycles. The number of rotatable bonds is 56. The molecule has 0 saturated heterocycles. The van der Waals surface area contributed by atoms with Gasteiger partial charge in [-0.05, 0) is 103 Å². The first kappa shape index (κ1) is 71.1. The van der Waals surface area contributed by atoms with Gasteiger partial charge in [-0.2, -0.15) is 0 Å². The highest BCUT2D eigenvalue weighted by Crippen LogP contribution is 2.16. The maximum Gasteiger partial charge on any atom is 0.306 e. The molecule has 1 atom stereocenters. The van der Waals surface area contributed by atoms with E-state index in [0.717, 1.165) is 148 Å². The average molecular weight is 1040 g/mol. The minimum absolute atomic E-state index is 0.0905. The predicted octanol–water partition coefficient (Wildman–Crippen LogP) is 21.4. The lowest BCUT2D eigenvalue weighted by atomic mass is 10.0. The number of carbonyl (C=O) groups is 3. The molecule has 0 aliphatic heterocycles. The van der Waals surface area contributed by atoms with Gasteiger partial charge in [-0.1, -0.05) is 278 Å². The standard InChI is InChI=1S/C69H116O6/c1-4-7-10-13-16-19-22-25-28-30-31-32-33-34-35-36-37-38-39-40-42-44-47-50-53-56-59-62-68(71)74-65-66(64-73-67(70)61-58-55-52-49-46-43-27-24-21-18-15-12-9-6-3)75-69(72)63-60-57-54-51-48-45-41-29-26-23-20-17-14-11-8-5-2/h7,10,15-16,18-19,24-25,27-28,31-32,34-35,37-38,40,42,66H,4-6,8-9,11-14,17,20-23,26,29-30,33,36,39,41,43-65H2,1-3H3/b10-7-,18-15-,19-16-,27-24-,28-25-,32-31-,35-34-,38-37-,42-40-. The maximum absolute atomic E-state index is 12.9. The molecule has 0 spiro atoms. The summed E-state index contributed by atoms with van der Waals surface area (Å²) >= 11 is 0. The van der Waals surface area contributed by atoms with Crippen LogP contribution in [-0.2, 0) is 28.6 Å². The molecule has 1 unspecified atom stereocenters. The van der Waals surface area contributed by atoms with Gasteiger partial charge in [-0.3, -0.25) is 14.4 Å². The fourth-order valence-electron chi connectivity index (χ4n) is 8.56. The monoisotopic (exact) mass is 1040 g/mol. The topological polar surface area (TPSA) is 78.9 Å². The summed E-state index contributed by atoms with van der Waals surface area (Å²) in [5, 5.41) is 0. The van der Waals surface area contributed by atoms with Gasteiger partial charge in [0.25, 0.3) is 0 Å². The third-order valence-corrected chi connectivity index (χ3v) is 13.3. The van der Waals surface area contributed by atoms with Crippen molar-refractivity contribution >= 4 is 17.9 Å². The van der Waals surface area contributed by atoms with Crippen molar-refractivity contribution < 1.29 is 28.6 Å². The SMILES string of the molecule is CC/C=C\C/C=C\C/C=C\C/C=C\C/C=C\C/C=C\C/C=C\CCCCCCCC(=O)OCC(COC(=O)CCCCCCC/C=C\C/C=C\CCCC)OC(=O)CCCCCCCCCCCCCCCCCC.